The normalized spacial score (nSPS) is 12.1. The van der Waals surface area contributed by atoms with Gasteiger partial charge in [-0.25, -0.2) is 0 Å². The van der Waals surface area contributed by atoms with Crippen molar-refractivity contribution < 1.29 is 4.74 Å². The Balaban J connectivity index is 1.84. The van der Waals surface area contributed by atoms with Gasteiger partial charge in [-0.1, -0.05) is 37.3 Å². The van der Waals surface area contributed by atoms with Crippen molar-refractivity contribution in [2.24, 2.45) is 0 Å². The molecule has 0 fully saturated rings. The quantitative estimate of drug-likeness (QED) is 0.682. The molecule has 0 spiro atoms. The highest BCUT2D eigenvalue weighted by atomic mass is 16.5. The number of aromatic nitrogens is 2. The van der Waals surface area contributed by atoms with E-state index in [-0.39, 0.29) is 6.10 Å². The lowest BCUT2D eigenvalue weighted by molar-refractivity contribution is 0.195. The first-order chi connectivity index (χ1) is 11.2. The maximum atomic E-state index is 6.16. The van der Waals surface area contributed by atoms with E-state index in [4.69, 9.17) is 10.5 Å². The summed E-state index contributed by atoms with van der Waals surface area (Å²) >= 11 is 0. The van der Waals surface area contributed by atoms with Crippen molar-refractivity contribution in [3.63, 3.8) is 0 Å². The van der Waals surface area contributed by atoms with Crippen LogP contribution in [0.5, 0.6) is 5.75 Å². The van der Waals surface area contributed by atoms with Crippen molar-refractivity contribution in [1.29, 1.82) is 0 Å². The number of para-hydroxylation sites is 1. The maximum absolute atomic E-state index is 6.16. The maximum Gasteiger partial charge on any atom is 0.140 e. The molecule has 1 aromatic heterocycles. The van der Waals surface area contributed by atoms with E-state index in [1.165, 1.54) is 0 Å². The topological polar surface area (TPSA) is 63.9 Å². The standard InChI is InChI=1S/C19H21N3O/c1-3-18(23-19-10-5-4-7-13(19)2)17-12-16(21-22-17)14-8-6-9-15(20)11-14/h4-12,18H,3,20H2,1-2H3,(H,21,22). The van der Waals surface area contributed by atoms with Gasteiger partial charge in [-0.2, -0.15) is 5.10 Å². The van der Waals surface area contributed by atoms with Gasteiger partial charge in [0.2, 0.25) is 0 Å². The summed E-state index contributed by atoms with van der Waals surface area (Å²) in [5.74, 6) is 0.902. The molecule has 0 aliphatic carbocycles. The largest absolute Gasteiger partial charge is 0.484 e. The van der Waals surface area contributed by atoms with Gasteiger partial charge in [0.15, 0.2) is 0 Å². The summed E-state index contributed by atoms with van der Waals surface area (Å²) < 4.78 is 6.16. The van der Waals surface area contributed by atoms with E-state index < -0.39 is 0 Å². The number of aromatic amines is 1. The fourth-order valence-corrected chi connectivity index (χ4v) is 2.56. The van der Waals surface area contributed by atoms with Gasteiger partial charge < -0.3 is 10.5 Å². The molecule has 0 radical (unpaired) electrons. The van der Waals surface area contributed by atoms with Crippen LogP contribution in [-0.4, -0.2) is 10.2 Å². The van der Waals surface area contributed by atoms with Crippen LogP contribution in [0.2, 0.25) is 0 Å². The van der Waals surface area contributed by atoms with E-state index in [0.717, 1.165) is 40.4 Å². The average molecular weight is 307 g/mol. The van der Waals surface area contributed by atoms with Gasteiger partial charge >= 0.3 is 0 Å². The molecule has 0 saturated carbocycles. The lowest BCUT2D eigenvalue weighted by Gasteiger charge is -2.17. The molecular weight excluding hydrogens is 286 g/mol. The molecular formula is C19H21N3O. The molecule has 0 bridgehead atoms. The number of ether oxygens (including phenoxy) is 1. The first-order valence-electron chi connectivity index (χ1n) is 7.81. The third-order valence-electron chi connectivity index (χ3n) is 3.86. The van der Waals surface area contributed by atoms with E-state index >= 15 is 0 Å². The molecule has 3 rings (SSSR count). The van der Waals surface area contributed by atoms with Crippen molar-refractivity contribution in [3.05, 3.63) is 65.9 Å². The van der Waals surface area contributed by atoms with Crippen LogP contribution in [0.4, 0.5) is 5.69 Å². The summed E-state index contributed by atoms with van der Waals surface area (Å²) in [5.41, 5.74) is 10.5. The van der Waals surface area contributed by atoms with Crippen molar-refractivity contribution in [3.8, 4) is 17.0 Å². The van der Waals surface area contributed by atoms with Crippen LogP contribution in [-0.2, 0) is 0 Å². The minimum absolute atomic E-state index is 0.0570. The second-order valence-electron chi connectivity index (χ2n) is 5.61. The van der Waals surface area contributed by atoms with Crippen molar-refractivity contribution in [1.82, 2.24) is 10.2 Å². The number of H-pyrrole nitrogens is 1. The van der Waals surface area contributed by atoms with Crippen LogP contribution in [0.3, 0.4) is 0 Å². The molecule has 3 N–H and O–H groups in total. The molecule has 0 saturated heterocycles. The van der Waals surface area contributed by atoms with E-state index in [0.29, 0.717) is 0 Å². The van der Waals surface area contributed by atoms with E-state index in [1.54, 1.807) is 0 Å². The SMILES string of the molecule is CCC(Oc1ccccc1C)c1cc(-c2cccc(N)c2)n[nH]1. The third-order valence-corrected chi connectivity index (χ3v) is 3.86. The molecule has 2 aromatic carbocycles. The van der Waals surface area contributed by atoms with Crippen molar-refractivity contribution in [2.75, 3.05) is 5.73 Å². The molecule has 1 unspecified atom stereocenters. The molecule has 118 valence electrons. The van der Waals surface area contributed by atoms with Crippen LogP contribution in [0.25, 0.3) is 11.3 Å². The molecule has 4 heteroatoms. The minimum atomic E-state index is -0.0570. The number of nitrogens with zero attached hydrogens (tertiary/aromatic N) is 1. The van der Waals surface area contributed by atoms with E-state index in [1.807, 2.05) is 61.5 Å². The van der Waals surface area contributed by atoms with Gasteiger partial charge in [0.1, 0.15) is 11.9 Å². The second-order valence-corrected chi connectivity index (χ2v) is 5.61. The van der Waals surface area contributed by atoms with Crippen LogP contribution >= 0.6 is 0 Å². The zero-order valence-electron chi connectivity index (χ0n) is 13.4. The lowest BCUT2D eigenvalue weighted by Crippen LogP contribution is -2.07. The van der Waals surface area contributed by atoms with Crippen LogP contribution < -0.4 is 10.5 Å². The molecule has 0 aliphatic rings. The Labute approximate surface area is 136 Å². The van der Waals surface area contributed by atoms with E-state index in [9.17, 15) is 0 Å². The first-order valence-corrected chi connectivity index (χ1v) is 7.81. The highest BCUT2D eigenvalue weighted by molar-refractivity contribution is 5.64. The molecule has 3 aromatic rings. The lowest BCUT2D eigenvalue weighted by atomic mass is 10.1. The second kappa shape index (κ2) is 6.57. The molecule has 1 heterocycles. The number of nitrogen functional groups attached to an aromatic ring is 1. The fraction of sp³-hybridized carbons (Fsp3) is 0.211. The highest BCUT2D eigenvalue weighted by Gasteiger charge is 2.16. The van der Waals surface area contributed by atoms with Crippen LogP contribution in [0.15, 0.2) is 54.6 Å². The van der Waals surface area contributed by atoms with Gasteiger partial charge in [-0.3, -0.25) is 5.10 Å². The molecule has 0 amide bonds. The first kappa shape index (κ1) is 15.2. The predicted octanol–water partition coefficient (Wildman–Crippen LogP) is 4.50. The average Bonchev–Trinajstić information content (AvgIpc) is 3.04. The summed E-state index contributed by atoms with van der Waals surface area (Å²) in [6, 6.07) is 17.8. The highest BCUT2D eigenvalue weighted by Crippen LogP contribution is 2.28. The zero-order valence-corrected chi connectivity index (χ0v) is 13.4. The van der Waals surface area contributed by atoms with Gasteiger partial charge in [0.25, 0.3) is 0 Å². The zero-order chi connectivity index (χ0) is 16.2. The fourth-order valence-electron chi connectivity index (χ4n) is 2.56. The molecule has 4 nitrogen and oxygen atoms in total. The van der Waals surface area contributed by atoms with Gasteiger partial charge in [-0.15, -0.1) is 0 Å². The number of anilines is 1. The number of nitrogens with one attached hydrogen (secondary N) is 1. The Morgan fingerprint density at radius 1 is 1.13 bits per heavy atom. The Bertz CT molecular complexity index is 795. The molecule has 0 aliphatic heterocycles. The monoisotopic (exact) mass is 307 g/mol. The minimum Gasteiger partial charge on any atom is -0.484 e. The van der Waals surface area contributed by atoms with Crippen molar-refractivity contribution in [2.45, 2.75) is 26.4 Å². The number of nitrogens with two attached hydrogens (primary N) is 1. The summed E-state index contributed by atoms with van der Waals surface area (Å²) in [7, 11) is 0. The molecule has 23 heavy (non-hydrogen) atoms. The number of aryl methyl sites for hydroxylation is 1. The van der Waals surface area contributed by atoms with Gasteiger partial charge in [-0.05, 0) is 43.2 Å². The van der Waals surface area contributed by atoms with E-state index in [2.05, 4.69) is 17.1 Å². The Morgan fingerprint density at radius 3 is 2.70 bits per heavy atom. The number of hydrogen-bond acceptors (Lipinski definition) is 3. The number of benzene rings is 2. The van der Waals surface area contributed by atoms with Crippen LogP contribution in [0, 0.1) is 6.92 Å². The van der Waals surface area contributed by atoms with Crippen molar-refractivity contribution >= 4 is 5.69 Å². The summed E-state index contributed by atoms with van der Waals surface area (Å²) in [6.45, 7) is 4.15. The summed E-state index contributed by atoms with van der Waals surface area (Å²) in [6.07, 6.45) is 0.797. The Morgan fingerprint density at radius 2 is 1.96 bits per heavy atom. The number of rotatable bonds is 5. The van der Waals surface area contributed by atoms with Gasteiger partial charge in [0, 0.05) is 11.3 Å². The molecule has 1 atom stereocenters. The summed E-state index contributed by atoms with van der Waals surface area (Å²) in [4.78, 5) is 0. The van der Waals surface area contributed by atoms with Gasteiger partial charge in [0.05, 0.1) is 11.4 Å². The summed E-state index contributed by atoms with van der Waals surface area (Å²) in [5, 5.41) is 7.50. The Kier molecular flexibility index (Phi) is 4.33. The Hall–Kier alpha value is -2.75. The predicted molar refractivity (Wildman–Crippen MR) is 93.3 cm³/mol. The van der Waals surface area contributed by atoms with Crippen LogP contribution in [0.1, 0.15) is 30.7 Å². The third kappa shape index (κ3) is 3.37. The smallest absolute Gasteiger partial charge is 0.140 e. The number of hydrogen-bond donors (Lipinski definition) is 2.